The van der Waals surface area contributed by atoms with E-state index in [1.165, 1.54) is 6.07 Å². The Hall–Kier alpha value is -2.76. The average Bonchev–Trinajstić information content (AvgIpc) is 2.65. The van der Waals surface area contributed by atoms with Crippen molar-refractivity contribution in [2.75, 3.05) is 5.32 Å². The van der Waals surface area contributed by atoms with E-state index in [1.807, 2.05) is 25.3 Å². The van der Waals surface area contributed by atoms with Gasteiger partial charge in [-0.1, -0.05) is 42.0 Å². The molecule has 2 aromatic carbocycles. The molecular formula is C22H19ClFN2OS+. The molecule has 0 saturated heterocycles. The normalized spacial score (nSPS) is 11.7. The molecule has 0 aliphatic heterocycles. The second-order valence-corrected chi connectivity index (χ2v) is 7.20. The SMILES string of the molecule is Cc1ccc[n+](/C(C(=S)Nc2ccc(C)c(F)c2)=C(/O)c2ccccc2Cl)c1. The highest BCUT2D eigenvalue weighted by molar-refractivity contribution is 7.81. The first-order valence-electron chi connectivity index (χ1n) is 8.61. The molecule has 28 heavy (non-hydrogen) atoms. The molecular weight excluding hydrogens is 395 g/mol. The van der Waals surface area contributed by atoms with E-state index in [2.05, 4.69) is 5.32 Å². The van der Waals surface area contributed by atoms with Crippen LogP contribution in [0.25, 0.3) is 11.5 Å². The monoisotopic (exact) mass is 413 g/mol. The van der Waals surface area contributed by atoms with E-state index in [1.54, 1.807) is 54.1 Å². The molecule has 142 valence electrons. The van der Waals surface area contributed by atoms with Crippen molar-refractivity contribution in [2.24, 2.45) is 0 Å². The zero-order valence-corrected chi connectivity index (χ0v) is 17.0. The Morgan fingerprint density at radius 3 is 2.54 bits per heavy atom. The summed E-state index contributed by atoms with van der Waals surface area (Å²) in [5.74, 6) is -0.414. The summed E-state index contributed by atoms with van der Waals surface area (Å²) < 4.78 is 15.6. The maximum atomic E-state index is 13.9. The van der Waals surface area contributed by atoms with Crippen molar-refractivity contribution in [1.82, 2.24) is 0 Å². The maximum Gasteiger partial charge on any atom is 0.288 e. The third kappa shape index (κ3) is 4.38. The molecule has 0 unspecified atom stereocenters. The van der Waals surface area contributed by atoms with Crippen molar-refractivity contribution in [3.8, 4) is 0 Å². The predicted molar refractivity (Wildman–Crippen MR) is 116 cm³/mol. The number of hydrogen-bond acceptors (Lipinski definition) is 2. The zero-order chi connectivity index (χ0) is 20.3. The minimum atomic E-state index is -0.336. The van der Waals surface area contributed by atoms with Crippen LogP contribution in [0.3, 0.4) is 0 Å². The molecule has 1 aromatic heterocycles. The topological polar surface area (TPSA) is 36.1 Å². The number of pyridine rings is 1. The van der Waals surface area contributed by atoms with Crippen LogP contribution in [0.5, 0.6) is 0 Å². The van der Waals surface area contributed by atoms with Crippen LogP contribution in [0.1, 0.15) is 16.7 Å². The Bertz CT molecular complexity index is 1080. The van der Waals surface area contributed by atoms with Crippen molar-refractivity contribution in [3.05, 3.63) is 94.5 Å². The number of nitrogens with zero attached hydrogens (tertiary/aromatic N) is 1. The molecule has 3 nitrogen and oxygen atoms in total. The Balaban J connectivity index is 2.10. The van der Waals surface area contributed by atoms with Crippen LogP contribution in [-0.2, 0) is 0 Å². The van der Waals surface area contributed by atoms with Gasteiger partial charge >= 0.3 is 0 Å². The van der Waals surface area contributed by atoms with Gasteiger partial charge in [0, 0.05) is 22.9 Å². The molecule has 0 spiro atoms. The molecule has 0 amide bonds. The van der Waals surface area contributed by atoms with Crippen molar-refractivity contribution in [2.45, 2.75) is 13.8 Å². The van der Waals surface area contributed by atoms with Gasteiger partial charge in [-0.3, -0.25) is 0 Å². The highest BCUT2D eigenvalue weighted by Crippen LogP contribution is 2.25. The standard InChI is InChI=1S/C22H18ClFN2OS/c1-14-6-5-11-26(13-14)20(21(27)17-7-3-4-8-18(17)23)22(28)25-16-10-9-15(2)19(24)12-16/h3-13H,1-2H3,(H-,25,27,28)/p+1. The van der Waals surface area contributed by atoms with Crippen LogP contribution in [-0.4, -0.2) is 10.1 Å². The van der Waals surface area contributed by atoms with Gasteiger partial charge in [0.2, 0.25) is 5.76 Å². The van der Waals surface area contributed by atoms with Crippen molar-refractivity contribution < 1.29 is 14.1 Å². The lowest BCUT2D eigenvalue weighted by Gasteiger charge is -2.11. The fourth-order valence-electron chi connectivity index (χ4n) is 2.72. The molecule has 0 radical (unpaired) electrons. The summed E-state index contributed by atoms with van der Waals surface area (Å²) in [6, 6.07) is 15.5. The third-order valence-corrected chi connectivity index (χ3v) is 4.83. The second kappa shape index (κ2) is 8.50. The van der Waals surface area contributed by atoms with Gasteiger partial charge in [-0.15, -0.1) is 0 Å². The smallest absolute Gasteiger partial charge is 0.288 e. The Morgan fingerprint density at radius 1 is 1.11 bits per heavy atom. The second-order valence-electron chi connectivity index (χ2n) is 6.38. The van der Waals surface area contributed by atoms with Crippen LogP contribution in [0.4, 0.5) is 10.1 Å². The van der Waals surface area contributed by atoms with Gasteiger partial charge in [0.05, 0.1) is 5.02 Å². The minimum Gasteiger partial charge on any atom is -0.502 e. The van der Waals surface area contributed by atoms with E-state index in [-0.39, 0.29) is 16.6 Å². The number of thiocarbonyl (C=S) groups is 1. The lowest BCUT2D eigenvalue weighted by molar-refractivity contribution is -0.576. The molecule has 0 aliphatic rings. The molecule has 3 rings (SSSR count). The number of nitrogens with one attached hydrogen (secondary N) is 1. The third-order valence-electron chi connectivity index (χ3n) is 4.20. The highest BCUT2D eigenvalue weighted by atomic mass is 35.5. The number of halogens is 2. The Kier molecular flexibility index (Phi) is 6.07. The number of anilines is 1. The molecule has 0 atom stereocenters. The van der Waals surface area contributed by atoms with Gasteiger partial charge in [-0.25, -0.2) is 4.39 Å². The molecule has 3 aromatic rings. The van der Waals surface area contributed by atoms with Gasteiger partial charge in [-0.2, -0.15) is 4.57 Å². The number of hydrogen-bond donors (Lipinski definition) is 2. The lowest BCUT2D eigenvalue weighted by Crippen LogP contribution is -2.38. The van der Waals surface area contributed by atoms with Crippen molar-refractivity contribution >= 4 is 46.0 Å². The van der Waals surface area contributed by atoms with Crippen LogP contribution >= 0.6 is 23.8 Å². The van der Waals surface area contributed by atoms with E-state index < -0.39 is 0 Å². The van der Waals surface area contributed by atoms with Gasteiger partial charge in [0.1, 0.15) is 5.82 Å². The fourth-order valence-corrected chi connectivity index (χ4v) is 3.27. The molecule has 0 bridgehead atoms. The summed E-state index contributed by atoms with van der Waals surface area (Å²) in [7, 11) is 0. The minimum absolute atomic E-state index is 0.0775. The number of rotatable bonds is 4. The van der Waals surface area contributed by atoms with Gasteiger partial charge in [0.15, 0.2) is 17.4 Å². The largest absolute Gasteiger partial charge is 0.502 e. The average molecular weight is 414 g/mol. The molecule has 0 fully saturated rings. The summed E-state index contributed by atoms with van der Waals surface area (Å²) in [4.78, 5) is 0.233. The molecule has 6 heteroatoms. The Morgan fingerprint density at radius 2 is 1.86 bits per heavy atom. The van der Waals surface area contributed by atoms with E-state index in [0.717, 1.165) is 5.56 Å². The van der Waals surface area contributed by atoms with E-state index >= 15 is 0 Å². The van der Waals surface area contributed by atoms with E-state index in [4.69, 9.17) is 23.8 Å². The van der Waals surface area contributed by atoms with Crippen molar-refractivity contribution in [1.29, 1.82) is 0 Å². The summed E-state index contributed by atoms with van der Waals surface area (Å²) in [5, 5.41) is 14.4. The van der Waals surface area contributed by atoms with Crippen LogP contribution in [0, 0.1) is 19.7 Å². The zero-order valence-electron chi connectivity index (χ0n) is 15.4. The maximum absolute atomic E-state index is 13.9. The first-order valence-corrected chi connectivity index (χ1v) is 9.39. The van der Waals surface area contributed by atoms with Crippen molar-refractivity contribution in [3.63, 3.8) is 0 Å². The Labute approximate surface area is 173 Å². The van der Waals surface area contributed by atoms with Gasteiger partial charge < -0.3 is 10.4 Å². The lowest BCUT2D eigenvalue weighted by atomic mass is 10.1. The van der Waals surface area contributed by atoms with Gasteiger partial charge in [0.25, 0.3) is 5.70 Å². The van der Waals surface area contributed by atoms with Crippen LogP contribution in [0.2, 0.25) is 5.02 Å². The summed E-state index contributed by atoms with van der Waals surface area (Å²) >= 11 is 11.8. The summed E-state index contributed by atoms with van der Waals surface area (Å²) in [6.07, 6.45) is 3.62. The first-order chi connectivity index (χ1) is 13.4. The predicted octanol–water partition coefficient (Wildman–Crippen LogP) is 5.71. The first kappa shape index (κ1) is 20.0. The number of aliphatic hydroxyl groups is 1. The highest BCUT2D eigenvalue weighted by Gasteiger charge is 2.25. The quantitative estimate of drug-likeness (QED) is 0.249. The number of aliphatic hydroxyl groups excluding tert-OH is 1. The molecule has 2 N–H and O–H groups in total. The molecule has 1 heterocycles. The van der Waals surface area contributed by atoms with Crippen LogP contribution < -0.4 is 9.88 Å². The number of aryl methyl sites for hydroxylation is 2. The molecule has 0 aliphatic carbocycles. The van der Waals surface area contributed by atoms with Crippen LogP contribution in [0.15, 0.2) is 67.0 Å². The molecule has 0 saturated carbocycles. The van der Waals surface area contributed by atoms with Gasteiger partial charge in [-0.05, 0) is 49.7 Å². The summed E-state index contributed by atoms with van der Waals surface area (Å²) in [6.45, 7) is 3.63. The number of benzene rings is 2. The van der Waals surface area contributed by atoms with E-state index in [0.29, 0.717) is 27.5 Å². The number of aromatic nitrogens is 1. The van der Waals surface area contributed by atoms with E-state index in [9.17, 15) is 9.50 Å². The summed E-state index contributed by atoms with van der Waals surface area (Å²) in [5.41, 5.74) is 2.81. The fraction of sp³-hybridized carbons (Fsp3) is 0.0909.